The second-order valence-electron chi connectivity index (χ2n) is 9.15. The molecule has 41 heavy (non-hydrogen) atoms. The maximum atomic E-state index is 14.0. The first kappa shape index (κ1) is 29.0. The van der Waals surface area contributed by atoms with E-state index in [1.807, 2.05) is 60.7 Å². The van der Waals surface area contributed by atoms with Crippen LogP contribution in [0.5, 0.6) is 11.5 Å². The number of carbonyl (C=O) groups excluding carboxylic acids is 1. The van der Waals surface area contributed by atoms with Gasteiger partial charge in [0, 0.05) is 10.0 Å². The number of nitrogens with zero attached hydrogens (tertiary/aromatic N) is 2. The predicted molar refractivity (Wildman–Crippen MR) is 166 cm³/mol. The molecule has 5 rings (SSSR count). The highest BCUT2D eigenvalue weighted by atomic mass is 79.9. The summed E-state index contributed by atoms with van der Waals surface area (Å²) in [7, 11) is 1.58. The maximum Gasteiger partial charge on any atom is 0.338 e. The number of ether oxygens (including phenoxy) is 3. The Hall–Kier alpha value is -3.47. The molecule has 0 spiro atoms. The molecule has 0 fully saturated rings. The molecular weight excluding hydrogens is 672 g/mol. The van der Waals surface area contributed by atoms with Crippen molar-refractivity contribution in [3.05, 3.63) is 123 Å². The number of hydrogen-bond acceptors (Lipinski definition) is 7. The first-order valence-corrected chi connectivity index (χ1v) is 15.2. The molecule has 1 aliphatic heterocycles. The number of thiazole rings is 1. The maximum absolute atomic E-state index is 14.0. The van der Waals surface area contributed by atoms with Crippen molar-refractivity contribution in [2.24, 2.45) is 4.99 Å². The number of esters is 1. The van der Waals surface area contributed by atoms with Crippen LogP contribution in [-0.2, 0) is 16.1 Å². The van der Waals surface area contributed by atoms with Crippen LogP contribution in [0.2, 0.25) is 0 Å². The Kier molecular flexibility index (Phi) is 8.91. The summed E-state index contributed by atoms with van der Waals surface area (Å²) in [4.78, 5) is 32.4. The molecule has 1 atom stereocenters. The molecule has 210 valence electrons. The number of allylic oxidation sites excluding steroid dienone is 1. The quantitative estimate of drug-likeness (QED) is 0.214. The Morgan fingerprint density at radius 2 is 1.83 bits per heavy atom. The van der Waals surface area contributed by atoms with Gasteiger partial charge in [-0.2, -0.15) is 0 Å². The van der Waals surface area contributed by atoms with Gasteiger partial charge >= 0.3 is 5.97 Å². The minimum atomic E-state index is -0.731. The second kappa shape index (κ2) is 12.6. The van der Waals surface area contributed by atoms with Gasteiger partial charge in [0.25, 0.3) is 5.56 Å². The number of rotatable bonds is 8. The monoisotopic (exact) mass is 696 g/mol. The Morgan fingerprint density at radius 3 is 2.54 bits per heavy atom. The molecule has 2 heterocycles. The molecule has 0 unspecified atom stereocenters. The van der Waals surface area contributed by atoms with Gasteiger partial charge in [-0.15, -0.1) is 0 Å². The van der Waals surface area contributed by atoms with Crippen molar-refractivity contribution in [1.82, 2.24) is 4.57 Å². The first-order valence-electron chi connectivity index (χ1n) is 12.8. The number of benzene rings is 3. The van der Waals surface area contributed by atoms with Gasteiger partial charge in [-0.05, 0) is 77.3 Å². The van der Waals surface area contributed by atoms with Gasteiger partial charge in [0.2, 0.25) is 0 Å². The topological polar surface area (TPSA) is 79.1 Å². The number of halogens is 2. The molecule has 1 aromatic heterocycles. The summed E-state index contributed by atoms with van der Waals surface area (Å²) in [6, 6.07) is 20.3. The average molecular weight is 698 g/mol. The Labute approximate surface area is 257 Å². The van der Waals surface area contributed by atoms with Crippen LogP contribution in [0.15, 0.2) is 96.7 Å². The van der Waals surface area contributed by atoms with Crippen LogP contribution in [0.3, 0.4) is 0 Å². The van der Waals surface area contributed by atoms with Crippen LogP contribution >= 0.6 is 43.2 Å². The highest BCUT2D eigenvalue weighted by Gasteiger charge is 2.33. The lowest BCUT2D eigenvalue weighted by atomic mass is 9.96. The molecule has 0 amide bonds. The molecule has 0 saturated carbocycles. The van der Waals surface area contributed by atoms with Crippen molar-refractivity contribution < 1.29 is 19.0 Å². The second-order valence-corrected chi connectivity index (χ2v) is 11.9. The Balaban J connectivity index is 1.64. The highest BCUT2D eigenvalue weighted by Crippen LogP contribution is 2.35. The van der Waals surface area contributed by atoms with Crippen molar-refractivity contribution in [2.45, 2.75) is 26.5 Å². The molecule has 0 N–H and O–H groups in total. The van der Waals surface area contributed by atoms with Crippen LogP contribution in [0, 0.1) is 0 Å². The van der Waals surface area contributed by atoms with E-state index in [0.29, 0.717) is 43.2 Å². The summed E-state index contributed by atoms with van der Waals surface area (Å²) in [5.41, 5.74) is 3.05. The summed E-state index contributed by atoms with van der Waals surface area (Å²) < 4.78 is 20.5. The molecule has 0 bridgehead atoms. The summed E-state index contributed by atoms with van der Waals surface area (Å²) >= 11 is 8.34. The third-order valence-corrected chi connectivity index (χ3v) is 8.60. The van der Waals surface area contributed by atoms with E-state index in [1.54, 1.807) is 37.7 Å². The molecule has 4 aromatic rings. The largest absolute Gasteiger partial charge is 0.496 e. The average Bonchev–Trinajstić information content (AvgIpc) is 3.26. The van der Waals surface area contributed by atoms with Crippen molar-refractivity contribution in [1.29, 1.82) is 0 Å². The van der Waals surface area contributed by atoms with Crippen molar-refractivity contribution >= 4 is 55.2 Å². The van der Waals surface area contributed by atoms with Gasteiger partial charge in [0.1, 0.15) is 18.1 Å². The molecule has 0 aliphatic carbocycles. The normalized spacial score (nSPS) is 14.9. The van der Waals surface area contributed by atoms with E-state index in [0.717, 1.165) is 21.2 Å². The molecular formula is C31H26Br2N2O5S. The summed E-state index contributed by atoms with van der Waals surface area (Å²) in [6.07, 6.45) is 1.80. The van der Waals surface area contributed by atoms with E-state index in [9.17, 15) is 9.59 Å². The zero-order valence-corrected chi connectivity index (χ0v) is 26.5. The molecule has 7 nitrogen and oxygen atoms in total. The lowest BCUT2D eigenvalue weighted by Gasteiger charge is -2.25. The Bertz CT molecular complexity index is 1830. The fraction of sp³-hybridized carbons (Fsp3) is 0.194. The summed E-state index contributed by atoms with van der Waals surface area (Å²) in [5.74, 6) is 0.766. The van der Waals surface area contributed by atoms with Gasteiger partial charge in [0.15, 0.2) is 4.80 Å². The minimum absolute atomic E-state index is 0.202. The van der Waals surface area contributed by atoms with Gasteiger partial charge < -0.3 is 14.2 Å². The lowest BCUT2D eigenvalue weighted by Crippen LogP contribution is -2.40. The van der Waals surface area contributed by atoms with Crippen molar-refractivity contribution in [3.63, 3.8) is 0 Å². The number of fused-ring (bicyclic) bond motifs is 1. The van der Waals surface area contributed by atoms with Gasteiger partial charge in [-0.3, -0.25) is 9.36 Å². The summed E-state index contributed by atoms with van der Waals surface area (Å²) in [6.45, 7) is 4.10. The summed E-state index contributed by atoms with van der Waals surface area (Å²) in [5, 5.41) is 0. The number of methoxy groups -OCH3 is 1. The fourth-order valence-electron chi connectivity index (χ4n) is 4.60. The standard InChI is InChI=1S/C31H26Br2N2O5S/c1-4-39-30(37)27-18(2)34-31-35(28(27)20-10-12-25(38-3)23(33)15-20)29(36)26(41-31)16-21-14-22(32)11-13-24(21)40-17-19-8-6-5-7-9-19/h5-16,28H,4,17H2,1-3H3/b26-16+/t28-/m0/s1. The van der Waals surface area contributed by atoms with E-state index in [2.05, 4.69) is 36.9 Å². The lowest BCUT2D eigenvalue weighted by molar-refractivity contribution is -0.139. The van der Waals surface area contributed by atoms with Crippen molar-refractivity contribution in [2.75, 3.05) is 13.7 Å². The molecule has 3 aromatic carbocycles. The van der Waals surface area contributed by atoms with E-state index < -0.39 is 12.0 Å². The van der Waals surface area contributed by atoms with Gasteiger partial charge in [-0.1, -0.05) is 63.7 Å². The van der Waals surface area contributed by atoms with E-state index in [-0.39, 0.29) is 12.2 Å². The van der Waals surface area contributed by atoms with E-state index in [4.69, 9.17) is 14.2 Å². The van der Waals surface area contributed by atoms with Gasteiger partial charge in [-0.25, -0.2) is 9.79 Å². The fourth-order valence-corrected chi connectivity index (χ4v) is 6.57. The molecule has 1 aliphatic rings. The minimum Gasteiger partial charge on any atom is -0.496 e. The van der Waals surface area contributed by atoms with Crippen LogP contribution in [0.4, 0.5) is 0 Å². The number of carbonyl (C=O) groups is 1. The SMILES string of the molecule is CCOC(=O)C1=C(C)N=c2s/c(=C/c3cc(Br)ccc3OCc3ccccc3)c(=O)n2[C@H]1c1ccc(OC)c(Br)c1. The third-order valence-electron chi connectivity index (χ3n) is 6.50. The van der Waals surface area contributed by atoms with E-state index in [1.165, 1.54) is 11.3 Å². The molecule has 0 saturated heterocycles. The predicted octanol–water partition coefficient (Wildman–Crippen LogP) is 5.91. The Morgan fingerprint density at radius 1 is 1.07 bits per heavy atom. The first-order chi connectivity index (χ1) is 19.8. The molecule has 10 heteroatoms. The van der Waals surface area contributed by atoms with Crippen LogP contribution < -0.4 is 24.4 Å². The number of aromatic nitrogens is 1. The van der Waals surface area contributed by atoms with E-state index >= 15 is 0 Å². The van der Waals surface area contributed by atoms with Gasteiger partial charge in [0.05, 0.1) is 40.0 Å². The number of hydrogen-bond donors (Lipinski definition) is 0. The zero-order chi connectivity index (χ0) is 29.1. The highest BCUT2D eigenvalue weighted by molar-refractivity contribution is 9.10. The van der Waals surface area contributed by atoms with Crippen molar-refractivity contribution in [3.8, 4) is 11.5 Å². The smallest absolute Gasteiger partial charge is 0.338 e. The van der Waals surface area contributed by atoms with Crippen LogP contribution in [0.1, 0.15) is 36.6 Å². The molecule has 0 radical (unpaired) electrons. The third kappa shape index (κ3) is 6.10. The van der Waals surface area contributed by atoms with Crippen LogP contribution in [0.25, 0.3) is 6.08 Å². The van der Waals surface area contributed by atoms with Crippen LogP contribution in [-0.4, -0.2) is 24.3 Å². The zero-order valence-electron chi connectivity index (χ0n) is 22.5.